The Bertz CT molecular complexity index is 485. The number of carbonyl (C=O) groups is 1. The van der Waals surface area contributed by atoms with Gasteiger partial charge in [-0.3, -0.25) is 4.79 Å². The van der Waals surface area contributed by atoms with Gasteiger partial charge in [0.05, 0.1) is 6.42 Å². The first kappa shape index (κ1) is 12.7. The predicted octanol–water partition coefficient (Wildman–Crippen LogP) is 1.60. The molecule has 102 valence electrons. The van der Waals surface area contributed by atoms with Crippen LogP contribution >= 0.6 is 0 Å². The fourth-order valence-electron chi connectivity index (χ4n) is 3.57. The van der Waals surface area contributed by atoms with E-state index in [-0.39, 0.29) is 5.91 Å². The Hall–Kier alpha value is -1.35. The summed E-state index contributed by atoms with van der Waals surface area (Å²) in [5.74, 6) is 1.60. The molecule has 0 aliphatic carbocycles. The number of aryl methyl sites for hydroxylation is 1. The van der Waals surface area contributed by atoms with Gasteiger partial charge in [-0.25, -0.2) is 0 Å². The van der Waals surface area contributed by atoms with Gasteiger partial charge in [0.2, 0.25) is 5.91 Å². The summed E-state index contributed by atoms with van der Waals surface area (Å²) in [6.45, 7) is 7.36. The lowest BCUT2D eigenvalue weighted by Crippen LogP contribution is -2.39. The Labute approximate surface area is 115 Å². The van der Waals surface area contributed by atoms with Crippen molar-refractivity contribution in [2.24, 2.45) is 11.8 Å². The molecule has 3 atom stereocenters. The van der Waals surface area contributed by atoms with Crippen molar-refractivity contribution in [2.75, 3.05) is 19.6 Å². The summed E-state index contributed by atoms with van der Waals surface area (Å²) in [6, 6.07) is 8.57. The quantitative estimate of drug-likeness (QED) is 0.874. The minimum Gasteiger partial charge on any atom is -0.339 e. The highest BCUT2D eigenvalue weighted by molar-refractivity contribution is 5.79. The van der Waals surface area contributed by atoms with E-state index >= 15 is 0 Å². The molecule has 0 aromatic heterocycles. The van der Waals surface area contributed by atoms with Crippen LogP contribution in [0.25, 0.3) is 0 Å². The van der Waals surface area contributed by atoms with Gasteiger partial charge < -0.3 is 10.2 Å². The third-order valence-electron chi connectivity index (χ3n) is 4.86. The molecule has 3 rings (SSSR count). The SMILES string of the molecule is Cc1ccccc1CC(=O)N1CC2CNCC2C1C. The molecule has 3 unspecified atom stereocenters. The molecule has 0 spiro atoms. The highest BCUT2D eigenvalue weighted by atomic mass is 16.2. The molecular weight excluding hydrogens is 236 g/mol. The molecule has 0 saturated carbocycles. The Morgan fingerprint density at radius 3 is 2.89 bits per heavy atom. The number of hydrogen-bond acceptors (Lipinski definition) is 2. The van der Waals surface area contributed by atoms with E-state index in [1.807, 2.05) is 12.1 Å². The van der Waals surface area contributed by atoms with Crippen molar-refractivity contribution < 1.29 is 4.79 Å². The lowest BCUT2D eigenvalue weighted by molar-refractivity contribution is -0.131. The fraction of sp³-hybridized carbons (Fsp3) is 0.562. The van der Waals surface area contributed by atoms with Crippen LogP contribution in [0.4, 0.5) is 0 Å². The zero-order chi connectivity index (χ0) is 13.4. The summed E-state index contributed by atoms with van der Waals surface area (Å²) >= 11 is 0. The standard InChI is InChI=1S/C16H22N2O/c1-11-5-3-4-6-13(11)7-16(19)18-10-14-8-17-9-15(14)12(18)2/h3-6,12,14-15,17H,7-10H2,1-2H3. The van der Waals surface area contributed by atoms with Crippen LogP contribution in [-0.4, -0.2) is 36.5 Å². The van der Waals surface area contributed by atoms with E-state index in [1.54, 1.807) is 0 Å². The first-order chi connectivity index (χ1) is 9.16. The van der Waals surface area contributed by atoms with Crippen LogP contribution < -0.4 is 5.32 Å². The van der Waals surface area contributed by atoms with Crippen LogP contribution in [0, 0.1) is 18.8 Å². The van der Waals surface area contributed by atoms with E-state index in [0.717, 1.165) is 25.2 Å². The second-order valence-electron chi connectivity index (χ2n) is 5.97. The minimum absolute atomic E-state index is 0.288. The van der Waals surface area contributed by atoms with E-state index in [2.05, 4.69) is 36.2 Å². The number of fused-ring (bicyclic) bond motifs is 1. The van der Waals surface area contributed by atoms with Gasteiger partial charge in [-0.15, -0.1) is 0 Å². The summed E-state index contributed by atoms with van der Waals surface area (Å²) < 4.78 is 0. The molecule has 1 aromatic carbocycles. The van der Waals surface area contributed by atoms with Crippen molar-refractivity contribution in [3.8, 4) is 0 Å². The van der Waals surface area contributed by atoms with E-state index in [0.29, 0.717) is 24.3 Å². The lowest BCUT2D eigenvalue weighted by Gasteiger charge is -2.25. The third kappa shape index (κ3) is 2.27. The zero-order valence-electron chi connectivity index (χ0n) is 11.7. The van der Waals surface area contributed by atoms with Crippen LogP contribution in [0.3, 0.4) is 0 Å². The van der Waals surface area contributed by atoms with Gasteiger partial charge in [0, 0.05) is 25.7 Å². The minimum atomic E-state index is 0.288. The van der Waals surface area contributed by atoms with E-state index in [1.165, 1.54) is 5.56 Å². The highest BCUT2D eigenvalue weighted by Gasteiger charge is 2.43. The molecule has 2 saturated heterocycles. The summed E-state index contributed by atoms with van der Waals surface area (Å²) in [5.41, 5.74) is 2.37. The van der Waals surface area contributed by atoms with Gasteiger partial charge in [-0.05, 0) is 36.8 Å². The van der Waals surface area contributed by atoms with Crippen LogP contribution in [0.5, 0.6) is 0 Å². The number of carbonyl (C=O) groups excluding carboxylic acids is 1. The van der Waals surface area contributed by atoms with Gasteiger partial charge in [0.1, 0.15) is 0 Å². The summed E-state index contributed by atoms with van der Waals surface area (Å²) in [6.07, 6.45) is 0.546. The zero-order valence-corrected chi connectivity index (χ0v) is 11.7. The number of nitrogens with one attached hydrogen (secondary N) is 1. The number of amides is 1. The molecule has 3 nitrogen and oxygen atoms in total. The summed E-state index contributed by atoms with van der Waals surface area (Å²) in [7, 11) is 0. The molecule has 0 radical (unpaired) electrons. The van der Waals surface area contributed by atoms with Crippen LogP contribution in [-0.2, 0) is 11.2 Å². The topological polar surface area (TPSA) is 32.3 Å². The van der Waals surface area contributed by atoms with Crippen molar-refractivity contribution in [3.05, 3.63) is 35.4 Å². The van der Waals surface area contributed by atoms with Gasteiger partial charge in [-0.1, -0.05) is 24.3 Å². The smallest absolute Gasteiger partial charge is 0.227 e. The molecule has 2 aliphatic rings. The predicted molar refractivity (Wildman–Crippen MR) is 75.9 cm³/mol. The normalized spacial score (nSPS) is 29.6. The Kier molecular flexibility index (Phi) is 3.31. The first-order valence-corrected chi connectivity index (χ1v) is 7.21. The Balaban J connectivity index is 1.70. The van der Waals surface area contributed by atoms with Gasteiger partial charge in [0.15, 0.2) is 0 Å². The van der Waals surface area contributed by atoms with Crippen molar-refractivity contribution in [1.82, 2.24) is 10.2 Å². The number of hydrogen-bond donors (Lipinski definition) is 1. The molecule has 1 aromatic rings. The Morgan fingerprint density at radius 1 is 1.37 bits per heavy atom. The molecule has 1 N–H and O–H groups in total. The number of rotatable bonds is 2. The van der Waals surface area contributed by atoms with Crippen LogP contribution in [0.1, 0.15) is 18.1 Å². The monoisotopic (exact) mass is 258 g/mol. The summed E-state index contributed by atoms with van der Waals surface area (Å²) in [5, 5.41) is 3.44. The van der Waals surface area contributed by atoms with Gasteiger partial charge in [0.25, 0.3) is 0 Å². The first-order valence-electron chi connectivity index (χ1n) is 7.21. The van der Waals surface area contributed by atoms with Gasteiger partial charge in [-0.2, -0.15) is 0 Å². The molecule has 0 bridgehead atoms. The molecule has 2 heterocycles. The highest BCUT2D eigenvalue weighted by Crippen LogP contribution is 2.32. The van der Waals surface area contributed by atoms with E-state index in [9.17, 15) is 4.79 Å². The van der Waals surface area contributed by atoms with Crippen LogP contribution in [0.15, 0.2) is 24.3 Å². The maximum atomic E-state index is 12.5. The van der Waals surface area contributed by atoms with Crippen molar-refractivity contribution >= 4 is 5.91 Å². The maximum absolute atomic E-state index is 12.5. The van der Waals surface area contributed by atoms with Crippen LogP contribution in [0.2, 0.25) is 0 Å². The van der Waals surface area contributed by atoms with E-state index < -0.39 is 0 Å². The molecule has 3 heteroatoms. The largest absolute Gasteiger partial charge is 0.339 e. The van der Waals surface area contributed by atoms with E-state index in [4.69, 9.17) is 0 Å². The molecule has 1 amide bonds. The molecule has 19 heavy (non-hydrogen) atoms. The number of benzene rings is 1. The molecule has 2 fully saturated rings. The Morgan fingerprint density at radius 2 is 2.16 bits per heavy atom. The van der Waals surface area contributed by atoms with Crippen molar-refractivity contribution in [2.45, 2.75) is 26.3 Å². The average molecular weight is 258 g/mol. The maximum Gasteiger partial charge on any atom is 0.227 e. The average Bonchev–Trinajstić information content (AvgIpc) is 2.96. The van der Waals surface area contributed by atoms with Gasteiger partial charge >= 0.3 is 0 Å². The second-order valence-corrected chi connectivity index (χ2v) is 5.97. The number of likely N-dealkylation sites (tertiary alicyclic amines) is 1. The second kappa shape index (κ2) is 4.97. The van der Waals surface area contributed by atoms with Crippen molar-refractivity contribution in [3.63, 3.8) is 0 Å². The molecular formula is C16H22N2O. The fourth-order valence-corrected chi connectivity index (χ4v) is 3.57. The summed E-state index contributed by atoms with van der Waals surface area (Å²) in [4.78, 5) is 14.6. The third-order valence-corrected chi connectivity index (χ3v) is 4.86. The number of nitrogens with zero attached hydrogens (tertiary/aromatic N) is 1. The van der Waals surface area contributed by atoms with Crippen molar-refractivity contribution in [1.29, 1.82) is 0 Å². The lowest BCUT2D eigenvalue weighted by atomic mass is 9.95. The molecule has 2 aliphatic heterocycles.